The molecule has 0 bridgehead atoms. The highest BCUT2D eigenvalue weighted by molar-refractivity contribution is 6.05. The summed E-state index contributed by atoms with van der Waals surface area (Å²) < 4.78 is 27.3. The molecule has 2 N–H and O–H groups in total. The van der Waals surface area contributed by atoms with E-state index in [0.29, 0.717) is 25.9 Å². The minimum Gasteiger partial charge on any atom is -0.505 e. The summed E-state index contributed by atoms with van der Waals surface area (Å²) in [6, 6.07) is 1.60. The Morgan fingerprint density at radius 3 is 2.52 bits per heavy atom. The number of hydrogen-bond donors (Lipinski definition) is 2. The van der Waals surface area contributed by atoms with Crippen LogP contribution in [0.15, 0.2) is 12.1 Å². The second kappa shape index (κ2) is 6.17. The molecule has 0 aromatic heterocycles. The van der Waals surface area contributed by atoms with Gasteiger partial charge in [0.25, 0.3) is 5.91 Å². The Morgan fingerprint density at radius 1 is 1.29 bits per heavy atom. The van der Waals surface area contributed by atoms with E-state index < -0.39 is 34.8 Å². The lowest BCUT2D eigenvalue weighted by Gasteiger charge is -2.26. The third-order valence-electron chi connectivity index (χ3n) is 3.61. The molecule has 1 saturated heterocycles. The van der Waals surface area contributed by atoms with Crippen LogP contribution in [-0.4, -0.2) is 42.0 Å². The average molecular weight is 298 g/mol. The molecular weight excluding hydrogens is 282 g/mol. The molecule has 2 amide bonds. The van der Waals surface area contributed by atoms with Gasteiger partial charge < -0.3 is 10.4 Å². The molecular formula is C14H16F2N2O3. The number of carbonyl (C=O) groups is 2. The molecule has 2 rings (SSSR count). The van der Waals surface area contributed by atoms with Gasteiger partial charge in [-0.1, -0.05) is 0 Å². The zero-order chi connectivity index (χ0) is 15.6. The Hall–Kier alpha value is -2.02. The number of aromatic hydroxyl groups is 1. The number of amides is 2. The lowest BCUT2D eigenvalue weighted by molar-refractivity contribution is -0.132. The maximum absolute atomic E-state index is 13.7. The lowest BCUT2D eigenvalue weighted by Crippen LogP contribution is -2.42. The minimum absolute atomic E-state index is 0.344. The maximum atomic E-state index is 13.7. The first kappa shape index (κ1) is 15.4. The van der Waals surface area contributed by atoms with Crippen LogP contribution in [0.3, 0.4) is 0 Å². The minimum atomic E-state index is -1.36. The number of phenolic OH excluding ortho intramolecular Hbond substituents is 1. The van der Waals surface area contributed by atoms with E-state index in [1.165, 1.54) is 7.05 Å². The summed E-state index contributed by atoms with van der Waals surface area (Å²) in [6.45, 7) is 1.32. The van der Waals surface area contributed by atoms with Crippen molar-refractivity contribution in [2.24, 2.45) is 5.92 Å². The summed E-state index contributed by atoms with van der Waals surface area (Å²) in [5.41, 5.74) is -0.917. The van der Waals surface area contributed by atoms with Gasteiger partial charge in [-0.2, -0.15) is 0 Å². The molecule has 0 saturated carbocycles. The summed E-state index contributed by atoms with van der Waals surface area (Å²) in [5, 5.41) is 12.3. The van der Waals surface area contributed by atoms with E-state index in [2.05, 4.69) is 5.32 Å². The van der Waals surface area contributed by atoms with Gasteiger partial charge in [0.05, 0.1) is 0 Å². The highest BCUT2D eigenvalue weighted by Gasteiger charge is 2.31. The van der Waals surface area contributed by atoms with Gasteiger partial charge in [-0.05, 0) is 38.1 Å². The van der Waals surface area contributed by atoms with Crippen LogP contribution in [-0.2, 0) is 4.79 Å². The number of benzene rings is 1. The number of halogens is 2. The number of nitrogens with zero attached hydrogens (tertiary/aromatic N) is 1. The predicted molar refractivity (Wildman–Crippen MR) is 70.7 cm³/mol. The fraction of sp³-hybridized carbons (Fsp3) is 0.429. The maximum Gasteiger partial charge on any atom is 0.266 e. The quantitative estimate of drug-likeness (QED) is 0.807. The van der Waals surface area contributed by atoms with Crippen LogP contribution in [0.1, 0.15) is 23.2 Å². The van der Waals surface area contributed by atoms with Crippen LogP contribution >= 0.6 is 0 Å². The van der Waals surface area contributed by atoms with Crippen molar-refractivity contribution in [2.45, 2.75) is 12.8 Å². The second-order valence-corrected chi connectivity index (χ2v) is 4.98. The van der Waals surface area contributed by atoms with Crippen LogP contribution in [0.5, 0.6) is 5.75 Å². The van der Waals surface area contributed by atoms with Gasteiger partial charge in [0.2, 0.25) is 5.91 Å². The van der Waals surface area contributed by atoms with Crippen molar-refractivity contribution in [3.05, 3.63) is 29.3 Å². The molecule has 0 atom stereocenters. The van der Waals surface area contributed by atoms with Crippen LogP contribution < -0.4 is 5.32 Å². The molecule has 1 fully saturated rings. The van der Waals surface area contributed by atoms with E-state index in [-0.39, 0.29) is 5.92 Å². The zero-order valence-electron chi connectivity index (χ0n) is 11.5. The SMILES string of the molecule is CN(C(=O)c1c(F)ccc(O)c1F)C(=O)C1CCNCC1. The molecule has 21 heavy (non-hydrogen) atoms. The molecule has 1 aromatic carbocycles. The molecule has 0 spiro atoms. The Bertz CT molecular complexity index is 572. The normalized spacial score (nSPS) is 15.8. The summed E-state index contributed by atoms with van der Waals surface area (Å²) in [4.78, 5) is 25.0. The van der Waals surface area contributed by atoms with E-state index in [0.717, 1.165) is 17.0 Å². The Kier molecular flexibility index (Phi) is 4.52. The monoisotopic (exact) mass is 298 g/mol. The van der Waals surface area contributed by atoms with Gasteiger partial charge >= 0.3 is 0 Å². The number of carbonyl (C=O) groups excluding carboxylic acids is 2. The second-order valence-electron chi connectivity index (χ2n) is 4.98. The van der Waals surface area contributed by atoms with Gasteiger partial charge in [-0.15, -0.1) is 0 Å². The predicted octanol–water partition coefficient (Wildman–Crippen LogP) is 1.27. The molecule has 1 aromatic rings. The average Bonchev–Trinajstić information content (AvgIpc) is 2.50. The standard InChI is InChI=1S/C14H16F2N2O3/c1-18(13(20)8-4-6-17-7-5-8)14(21)11-9(15)2-3-10(19)12(11)16/h2-3,8,17,19H,4-7H2,1H3. The first-order valence-corrected chi connectivity index (χ1v) is 6.63. The third-order valence-corrected chi connectivity index (χ3v) is 3.61. The Labute approximate surface area is 120 Å². The first-order chi connectivity index (χ1) is 9.93. The Morgan fingerprint density at radius 2 is 1.90 bits per heavy atom. The van der Waals surface area contributed by atoms with Gasteiger partial charge in [-0.25, -0.2) is 8.78 Å². The number of nitrogens with one attached hydrogen (secondary N) is 1. The van der Waals surface area contributed by atoms with Gasteiger partial charge in [0, 0.05) is 13.0 Å². The number of piperidine rings is 1. The fourth-order valence-electron chi connectivity index (χ4n) is 2.35. The molecule has 5 nitrogen and oxygen atoms in total. The van der Waals surface area contributed by atoms with Gasteiger partial charge in [0.15, 0.2) is 11.6 Å². The molecule has 0 aliphatic carbocycles. The summed E-state index contributed by atoms with van der Waals surface area (Å²) in [7, 11) is 1.19. The summed E-state index contributed by atoms with van der Waals surface area (Å²) >= 11 is 0. The van der Waals surface area contributed by atoms with Crippen LogP contribution in [0.2, 0.25) is 0 Å². The highest BCUT2D eigenvalue weighted by atomic mass is 19.1. The summed E-state index contributed by atoms with van der Waals surface area (Å²) in [5.74, 6) is -5.20. The van der Waals surface area contributed by atoms with E-state index in [1.54, 1.807) is 0 Å². The van der Waals surface area contributed by atoms with Crippen molar-refractivity contribution in [2.75, 3.05) is 20.1 Å². The summed E-state index contributed by atoms with van der Waals surface area (Å²) in [6.07, 6.45) is 1.14. The van der Waals surface area contributed by atoms with E-state index in [1.807, 2.05) is 0 Å². The first-order valence-electron chi connectivity index (χ1n) is 6.63. The van der Waals surface area contributed by atoms with Gasteiger partial charge in [-0.3, -0.25) is 14.5 Å². The lowest BCUT2D eigenvalue weighted by atomic mass is 9.96. The van der Waals surface area contributed by atoms with Crippen LogP contribution in [0.4, 0.5) is 8.78 Å². The van der Waals surface area contributed by atoms with E-state index in [4.69, 9.17) is 0 Å². The third kappa shape index (κ3) is 3.02. The molecule has 1 heterocycles. The van der Waals surface area contributed by atoms with Crippen molar-refractivity contribution in [3.8, 4) is 5.75 Å². The molecule has 114 valence electrons. The van der Waals surface area contributed by atoms with E-state index >= 15 is 0 Å². The van der Waals surface area contributed by atoms with Crippen molar-refractivity contribution in [3.63, 3.8) is 0 Å². The molecule has 0 unspecified atom stereocenters. The van der Waals surface area contributed by atoms with E-state index in [9.17, 15) is 23.5 Å². The number of phenols is 1. The Balaban J connectivity index is 2.23. The van der Waals surface area contributed by atoms with Crippen molar-refractivity contribution in [1.82, 2.24) is 10.2 Å². The van der Waals surface area contributed by atoms with Gasteiger partial charge in [0.1, 0.15) is 11.4 Å². The largest absolute Gasteiger partial charge is 0.505 e. The molecule has 7 heteroatoms. The number of imide groups is 1. The molecule has 1 aliphatic heterocycles. The van der Waals surface area contributed by atoms with Crippen molar-refractivity contribution < 1.29 is 23.5 Å². The topological polar surface area (TPSA) is 69.6 Å². The number of hydrogen-bond acceptors (Lipinski definition) is 4. The van der Waals surface area contributed by atoms with Crippen molar-refractivity contribution >= 4 is 11.8 Å². The smallest absolute Gasteiger partial charge is 0.266 e. The highest BCUT2D eigenvalue weighted by Crippen LogP contribution is 2.24. The van der Waals surface area contributed by atoms with Crippen molar-refractivity contribution in [1.29, 1.82) is 0 Å². The molecule has 0 radical (unpaired) electrons. The molecule has 1 aliphatic rings. The fourth-order valence-corrected chi connectivity index (χ4v) is 2.35. The van der Waals surface area contributed by atoms with Crippen LogP contribution in [0, 0.1) is 17.6 Å². The van der Waals surface area contributed by atoms with Crippen LogP contribution in [0.25, 0.3) is 0 Å². The zero-order valence-corrected chi connectivity index (χ0v) is 11.5. The number of rotatable bonds is 2.